The van der Waals surface area contributed by atoms with Gasteiger partial charge in [-0.15, -0.1) is 0 Å². The molecule has 0 unspecified atom stereocenters. The number of sulfone groups is 1. The molecule has 0 aliphatic carbocycles. The van der Waals surface area contributed by atoms with Crippen LogP contribution in [0.2, 0.25) is 0 Å². The maximum Gasteiger partial charge on any atom is 0.239 e. The van der Waals surface area contributed by atoms with E-state index in [1.807, 2.05) is 0 Å². The number of carbonyl (C=O) groups excluding carboxylic acids is 2. The fourth-order valence-corrected chi connectivity index (χ4v) is 2.53. The molecule has 0 spiro atoms. The molecular formula is C12H16N2O5S. The van der Waals surface area contributed by atoms with Crippen molar-refractivity contribution in [3.05, 3.63) is 24.3 Å². The molecule has 1 aromatic carbocycles. The van der Waals surface area contributed by atoms with Gasteiger partial charge in [-0.1, -0.05) is 0 Å². The van der Waals surface area contributed by atoms with Gasteiger partial charge in [-0.2, -0.15) is 0 Å². The summed E-state index contributed by atoms with van der Waals surface area (Å²) in [6.07, 6.45) is -0.294. The topological polar surface area (TPSA) is 116 Å². The van der Waals surface area contributed by atoms with Crippen LogP contribution in [0.3, 0.4) is 0 Å². The Balaban J connectivity index is 2.56. The van der Waals surface area contributed by atoms with Crippen molar-refractivity contribution in [3.8, 4) is 5.75 Å². The zero-order chi connectivity index (χ0) is 15.2. The lowest BCUT2D eigenvalue weighted by molar-refractivity contribution is -0.117. The lowest BCUT2D eigenvalue weighted by atomic mass is 10.3. The van der Waals surface area contributed by atoms with Crippen molar-refractivity contribution in [2.24, 2.45) is 5.73 Å². The normalized spacial score (nSPS) is 10.8. The van der Waals surface area contributed by atoms with Crippen molar-refractivity contribution >= 4 is 27.3 Å². The van der Waals surface area contributed by atoms with Crippen LogP contribution in [0.1, 0.15) is 6.42 Å². The summed E-state index contributed by atoms with van der Waals surface area (Å²) in [5.41, 5.74) is 5.32. The first kappa shape index (κ1) is 16.0. The summed E-state index contributed by atoms with van der Waals surface area (Å²) in [6, 6.07) is 6.45. The molecule has 0 saturated carbocycles. The van der Waals surface area contributed by atoms with E-state index in [0.29, 0.717) is 11.4 Å². The number of ether oxygens (including phenoxy) is 1. The molecule has 110 valence electrons. The van der Waals surface area contributed by atoms with E-state index in [2.05, 4.69) is 5.32 Å². The van der Waals surface area contributed by atoms with Gasteiger partial charge < -0.3 is 15.8 Å². The molecule has 0 radical (unpaired) electrons. The summed E-state index contributed by atoms with van der Waals surface area (Å²) in [5.74, 6) is -1.88. The van der Waals surface area contributed by atoms with E-state index in [1.54, 1.807) is 24.3 Å². The second kappa shape index (κ2) is 6.90. The minimum absolute atomic E-state index is 0.294. The van der Waals surface area contributed by atoms with E-state index in [-0.39, 0.29) is 6.42 Å². The van der Waals surface area contributed by atoms with Gasteiger partial charge in [0.1, 0.15) is 11.5 Å². The first-order valence-electron chi connectivity index (χ1n) is 5.75. The Bertz CT molecular complexity index is 580. The molecule has 0 aromatic heterocycles. The van der Waals surface area contributed by atoms with Crippen LogP contribution >= 0.6 is 0 Å². The maximum absolute atomic E-state index is 11.6. The maximum atomic E-state index is 11.6. The van der Waals surface area contributed by atoms with Gasteiger partial charge in [0.15, 0.2) is 9.84 Å². The minimum Gasteiger partial charge on any atom is -0.497 e. The number of carbonyl (C=O) groups is 2. The van der Waals surface area contributed by atoms with Crippen LogP contribution in [-0.2, 0) is 19.4 Å². The lowest BCUT2D eigenvalue weighted by Gasteiger charge is -2.06. The monoisotopic (exact) mass is 300 g/mol. The second-order valence-electron chi connectivity index (χ2n) is 4.09. The predicted molar refractivity (Wildman–Crippen MR) is 74.1 cm³/mol. The fraction of sp³-hybridized carbons (Fsp3) is 0.333. The van der Waals surface area contributed by atoms with Crippen LogP contribution < -0.4 is 15.8 Å². The Kier molecular flexibility index (Phi) is 5.51. The second-order valence-corrected chi connectivity index (χ2v) is 6.27. The molecular weight excluding hydrogens is 284 g/mol. The standard InChI is InChI=1S/C12H16N2O5S/c1-19-10-4-2-9(3-5-10)14-12(16)8-20(17,18)7-6-11(13)15/h2-5H,6-8H2,1H3,(H2,13,15)(H,14,16). The Hall–Kier alpha value is -2.09. The van der Waals surface area contributed by atoms with Crippen LogP contribution in [0.4, 0.5) is 5.69 Å². The van der Waals surface area contributed by atoms with Crippen molar-refractivity contribution < 1.29 is 22.7 Å². The van der Waals surface area contributed by atoms with E-state index in [4.69, 9.17) is 10.5 Å². The van der Waals surface area contributed by atoms with Gasteiger partial charge in [-0.25, -0.2) is 8.42 Å². The van der Waals surface area contributed by atoms with Gasteiger partial charge in [0.05, 0.1) is 12.9 Å². The quantitative estimate of drug-likeness (QED) is 0.731. The van der Waals surface area contributed by atoms with Crippen molar-refractivity contribution in [1.29, 1.82) is 0 Å². The highest BCUT2D eigenvalue weighted by Gasteiger charge is 2.17. The van der Waals surface area contributed by atoms with Gasteiger partial charge in [-0.3, -0.25) is 9.59 Å². The number of amides is 2. The number of hydrogen-bond acceptors (Lipinski definition) is 5. The van der Waals surface area contributed by atoms with E-state index in [1.165, 1.54) is 7.11 Å². The lowest BCUT2D eigenvalue weighted by Crippen LogP contribution is -2.26. The van der Waals surface area contributed by atoms with Crippen molar-refractivity contribution in [2.75, 3.05) is 23.9 Å². The molecule has 0 atom stereocenters. The Morgan fingerprint density at radius 3 is 2.35 bits per heavy atom. The molecule has 0 bridgehead atoms. The average molecular weight is 300 g/mol. The van der Waals surface area contributed by atoms with E-state index < -0.39 is 33.2 Å². The molecule has 1 aromatic rings. The molecule has 2 amide bonds. The van der Waals surface area contributed by atoms with Gasteiger partial charge >= 0.3 is 0 Å². The molecule has 0 aliphatic rings. The SMILES string of the molecule is COc1ccc(NC(=O)CS(=O)(=O)CCC(N)=O)cc1. The van der Waals surface area contributed by atoms with Crippen molar-refractivity contribution in [1.82, 2.24) is 0 Å². The van der Waals surface area contributed by atoms with Gasteiger partial charge in [0.2, 0.25) is 11.8 Å². The molecule has 0 fully saturated rings. The first-order valence-corrected chi connectivity index (χ1v) is 7.57. The Labute approximate surface area is 117 Å². The third-order valence-electron chi connectivity index (χ3n) is 2.38. The molecule has 7 nitrogen and oxygen atoms in total. The number of methoxy groups -OCH3 is 1. The summed E-state index contributed by atoms with van der Waals surface area (Å²) >= 11 is 0. The Morgan fingerprint density at radius 2 is 1.85 bits per heavy atom. The van der Waals surface area contributed by atoms with Crippen LogP contribution in [-0.4, -0.2) is 38.8 Å². The highest BCUT2D eigenvalue weighted by molar-refractivity contribution is 7.92. The van der Waals surface area contributed by atoms with Gasteiger partial charge in [0, 0.05) is 12.1 Å². The number of nitrogens with two attached hydrogens (primary N) is 1. The van der Waals surface area contributed by atoms with Crippen LogP contribution in [0.25, 0.3) is 0 Å². The number of nitrogens with one attached hydrogen (secondary N) is 1. The molecule has 3 N–H and O–H groups in total. The first-order chi connectivity index (χ1) is 9.32. The van der Waals surface area contributed by atoms with Gasteiger partial charge in [-0.05, 0) is 24.3 Å². The number of benzene rings is 1. The summed E-state index contributed by atoms with van der Waals surface area (Å²) in [4.78, 5) is 22.1. The van der Waals surface area contributed by atoms with Crippen LogP contribution in [0, 0.1) is 0 Å². The highest BCUT2D eigenvalue weighted by atomic mass is 32.2. The van der Waals surface area contributed by atoms with Crippen molar-refractivity contribution in [3.63, 3.8) is 0 Å². The van der Waals surface area contributed by atoms with Crippen LogP contribution in [0.5, 0.6) is 5.75 Å². The number of anilines is 1. The van der Waals surface area contributed by atoms with Gasteiger partial charge in [0.25, 0.3) is 0 Å². The third kappa shape index (κ3) is 5.70. The third-order valence-corrected chi connectivity index (χ3v) is 3.91. The average Bonchev–Trinajstić information content (AvgIpc) is 2.37. The smallest absolute Gasteiger partial charge is 0.239 e. The minimum atomic E-state index is -3.65. The largest absolute Gasteiger partial charge is 0.497 e. The Morgan fingerprint density at radius 1 is 1.25 bits per heavy atom. The molecule has 20 heavy (non-hydrogen) atoms. The molecule has 0 heterocycles. The number of rotatable bonds is 7. The summed E-state index contributed by atoms with van der Waals surface area (Å²) in [6.45, 7) is 0. The number of hydrogen-bond donors (Lipinski definition) is 2. The van der Waals surface area contributed by atoms with Crippen molar-refractivity contribution in [2.45, 2.75) is 6.42 Å². The predicted octanol–water partition coefficient (Wildman–Crippen LogP) is -0.0761. The summed E-state index contributed by atoms with van der Waals surface area (Å²) in [7, 11) is -2.13. The van der Waals surface area contributed by atoms with E-state index in [0.717, 1.165) is 0 Å². The summed E-state index contributed by atoms with van der Waals surface area (Å²) in [5, 5.41) is 2.45. The van der Waals surface area contributed by atoms with E-state index in [9.17, 15) is 18.0 Å². The number of primary amides is 1. The zero-order valence-corrected chi connectivity index (χ0v) is 11.8. The molecule has 8 heteroatoms. The molecule has 1 rings (SSSR count). The zero-order valence-electron chi connectivity index (χ0n) is 11.0. The van der Waals surface area contributed by atoms with E-state index >= 15 is 0 Å². The fourth-order valence-electron chi connectivity index (χ4n) is 1.40. The van der Waals surface area contributed by atoms with Crippen LogP contribution in [0.15, 0.2) is 24.3 Å². The highest BCUT2D eigenvalue weighted by Crippen LogP contribution is 2.14. The summed E-state index contributed by atoms with van der Waals surface area (Å²) < 4.78 is 28.1. The molecule has 0 saturated heterocycles. The molecule has 0 aliphatic heterocycles.